The predicted molar refractivity (Wildman–Crippen MR) is 122 cm³/mol. The Balaban J connectivity index is 1.61. The lowest BCUT2D eigenvalue weighted by atomic mass is 9.95. The average Bonchev–Trinajstić information content (AvgIpc) is 3.00. The monoisotopic (exact) mass is 453 g/mol. The maximum Gasteiger partial charge on any atom is 0.258 e. The van der Waals surface area contributed by atoms with Crippen LogP contribution in [0.1, 0.15) is 48.3 Å². The van der Waals surface area contributed by atoms with Crippen LogP contribution in [-0.4, -0.2) is 58.2 Å². The van der Waals surface area contributed by atoms with Crippen LogP contribution >= 0.6 is 0 Å². The molecular weight excluding hydrogens is 425 g/mol. The number of halogens is 1. The summed E-state index contributed by atoms with van der Waals surface area (Å²) in [5.41, 5.74) is 0.244. The maximum atomic E-state index is 14.1. The first-order valence-electron chi connectivity index (χ1n) is 11.0. The quantitative estimate of drug-likeness (QED) is 0.719. The molecule has 8 nitrogen and oxygen atoms in total. The molecule has 9 heteroatoms. The molecule has 1 saturated heterocycles. The van der Waals surface area contributed by atoms with Crippen LogP contribution in [0.15, 0.2) is 42.7 Å². The number of carbonyl (C=O) groups excluding carboxylic acids is 2. The molecule has 4 heterocycles. The van der Waals surface area contributed by atoms with E-state index in [0.717, 1.165) is 0 Å². The molecule has 0 spiro atoms. The summed E-state index contributed by atoms with van der Waals surface area (Å²) in [7, 11) is 0. The number of likely N-dealkylation sites (tertiary alicyclic amines) is 1. The number of allylic oxidation sites excluding steroid dienone is 1. The molecule has 33 heavy (non-hydrogen) atoms. The van der Waals surface area contributed by atoms with Crippen LogP contribution in [0.4, 0.5) is 15.9 Å². The lowest BCUT2D eigenvalue weighted by Gasteiger charge is -2.34. The number of ether oxygens (including phenoxy) is 1. The number of piperidine rings is 1. The number of anilines is 2. The highest BCUT2D eigenvalue weighted by molar-refractivity contribution is 5.95. The smallest absolute Gasteiger partial charge is 0.258 e. The maximum absolute atomic E-state index is 14.1. The Bertz CT molecular complexity index is 1160. The van der Waals surface area contributed by atoms with Gasteiger partial charge in [0.1, 0.15) is 11.2 Å². The Morgan fingerprint density at radius 3 is 2.64 bits per heavy atom. The van der Waals surface area contributed by atoms with Crippen LogP contribution in [-0.2, 0) is 0 Å². The van der Waals surface area contributed by atoms with Gasteiger partial charge in [0.25, 0.3) is 11.8 Å². The van der Waals surface area contributed by atoms with E-state index in [2.05, 4.69) is 11.6 Å². The van der Waals surface area contributed by atoms with E-state index in [0.29, 0.717) is 73.9 Å². The normalized spacial score (nSPS) is 17.5. The van der Waals surface area contributed by atoms with Crippen molar-refractivity contribution >= 4 is 23.3 Å². The fourth-order valence-corrected chi connectivity index (χ4v) is 4.02. The van der Waals surface area contributed by atoms with E-state index in [9.17, 15) is 14.0 Å². The van der Waals surface area contributed by atoms with E-state index in [1.54, 1.807) is 43.1 Å². The van der Waals surface area contributed by atoms with E-state index in [-0.39, 0.29) is 17.3 Å². The third-order valence-electron chi connectivity index (χ3n) is 6.05. The lowest BCUT2D eigenvalue weighted by molar-refractivity contribution is 0.0503. The Labute approximate surface area is 191 Å². The molecule has 174 valence electrons. The second-order valence-corrected chi connectivity index (χ2v) is 8.83. The largest absolute Gasteiger partial charge is 0.490 e. The molecule has 1 N–H and O–H groups in total. The second kappa shape index (κ2) is 8.80. The van der Waals surface area contributed by atoms with Crippen molar-refractivity contribution in [3.8, 4) is 5.75 Å². The summed E-state index contributed by atoms with van der Waals surface area (Å²) in [6.07, 6.45) is 4.42. The molecule has 1 fully saturated rings. The predicted octanol–water partition coefficient (Wildman–Crippen LogP) is 3.46. The number of aromatic nitrogens is 2. The summed E-state index contributed by atoms with van der Waals surface area (Å²) in [4.78, 5) is 33.3. The van der Waals surface area contributed by atoms with Gasteiger partial charge in [-0.25, -0.2) is 9.37 Å². The van der Waals surface area contributed by atoms with Gasteiger partial charge in [-0.3, -0.25) is 19.6 Å². The third-order valence-corrected chi connectivity index (χ3v) is 6.05. The van der Waals surface area contributed by atoms with Gasteiger partial charge in [-0.05, 0) is 45.2 Å². The summed E-state index contributed by atoms with van der Waals surface area (Å²) >= 11 is 0. The molecule has 0 bridgehead atoms. The van der Waals surface area contributed by atoms with Crippen LogP contribution in [0.5, 0.6) is 5.75 Å². The number of nitrogens with zero attached hydrogens (tertiary/aromatic N) is 4. The molecule has 0 saturated carbocycles. The Morgan fingerprint density at radius 2 is 1.97 bits per heavy atom. The summed E-state index contributed by atoms with van der Waals surface area (Å²) in [5.74, 6) is 0.500. The van der Waals surface area contributed by atoms with Gasteiger partial charge >= 0.3 is 0 Å². The van der Waals surface area contributed by atoms with E-state index < -0.39 is 5.67 Å². The fraction of sp³-hybridized carbons (Fsp3) is 0.417. The molecule has 4 rings (SSSR count). The molecule has 0 unspecified atom stereocenters. The molecule has 1 amide bonds. The number of pyridine rings is 2. The lowest BCUT2D eigenvalue weighted by Crippen LogP contribution is -2.43. The number of hydrogen-bond acceptors (Lipinski definition) is 6. The van der Waals surface area contributed by atoms with Gasteiger partial charge in [0.15, 0.2) is 11.6 Å². The van der Waals surface area contributed by atoms with Gasteiger partial charge in [-0.1, -0.05) is 6.58 Å². The van der Waals surface area contributed by atoms with Crippen molar-refractivity contribution in [1.29, 1.82) is 5.41 Å². The number of alkyl halides is 1. The standard InChI is InChI=1S/C24H28FN5O3/c1-16(2)22(31)30-9-5-18(14-20(30)26)29-8-4-12-33-19-13-17(15-27-21(19)29)23(32)28-10-6-24(3,25)7-11-28/h5,9,13-15,26H,1,4,6-8,10-12H2,2-3H3. The summed E-state index contributed by atoms with van der Waals surface area (Å²) in [5, 5.41) is 8.27. The van der Waals surface area contributed by atoms with E-state index in [4.69, 9.17) is 10.1 Å². The Kier molecular flexibility index (Phi) is 6.05. The van der Waals surface area contributed by atoms with E-state index in [1.165, 1.54) is 10.8 Å². The van der Waals surface area contributed by atoms with E-state index in [1.807, 2.05) is 4.90 Å². The molecule has 2 aromatic heterocycles. The number of hydrogen-bond donors (Lipinski definition) is 1. The molecule has 2 aromatic rings. The van der Waals surface area contributed by atoms with Crippen LogP contribution in [0.25, 0.3) is 0 Å². The topological polar surface area (TPSA) is 91.5 Å². The molecule has 2 aliphatic heterocycles. The van der Waals surface area contributed by atoms with Gasteiger partial charge in [0.05, 0.1) is 12.2 Å². The van der Waals surface area contributed by atoms with Crippen molar-refractivity contribution < 1.29 is 18.7 Å². The third kappa shape index (κ3) is 4.67. The van der Waals surface area contributed by atoms with Crippen molar-refractivity contribution in [2.45, 2.75) is 38.8 Å². The molecule has 0 aromatic carbocycles. The zero-order valence-corrected chi connectivity index (χ0v) is 18.9. The van der Waals surface area contributed by atoms with Crippen LogP contribution < -0.4 is 15.1 Å². The number of fused-ring (bicyclic) bond motifs is 1. The van der Waals surface area contributed by atoms with Gasteiger partial charge in [0.2, 0.25) is 0 Å². The molecule has 0 aliphatic carbocycles. The SMILES string of the molecule is C=C(C)C(=O)n1ccc(N2CCCOc3cc(C(=O)N4CCC(C)(F)CC4)cnc32)cc1=N. The number of carbonyl (C=O) groups is 2. The summed E-state index contributed by atoms with van der Waals surface area (Å²) in [6, 6.07) is 5.02. The molecule has 0 radical (unpaired) electrons. The number of amides is 1. The molecular formula is C24H28FN5O3. The van der Waals surface area contributed by atoms with Gasteiger partial charge in [-0.2, -0.15) is 0 Å². The first-order chi connectivity index (χ1) is 15.7. The highest BCUT2D eigenvalue weighted by Crippen LogP contribution is 2.35. The second-order valence-electron chi connectivity index (χ2n) is 8.83. The minimum Gasteiger partial charge on any atom is -0.490 e. The first-order valence-corrected chi connectivity index (χ1v) is 11.0. The zero-order valence-electron chi connectivity index (χ0n) is 18.9. The highest BCUT2D eigenvalue weighted by atomic mass is 19.1. The Hall–Kier alpha value is -3.49. The van der Waals surface area contributed by atoms with Crippen LogP contribution in [0.2, 0.25) is 0 Å². The van der Waals surface area contributed by atoms with Crippen molar-refractivity contribution in [3.05, 3.63) is 53.8 Å². The number of rotatable bonds is 3. The molecule has 2 aliphatic rings. The van der Waals surface area contributed by atoms with Gasteiger partial charge in [-0.15, -0.1) is 0 Å². The minimum absolute atomic E-state index is 0.0315. The molecule has 0 atom stereocenters. The number of nitrogens with one attached hydrogen (secondary N) is 1. The summed E-state index contributed by atoms with van der Waals surface area (Å²) in [6.45, 7) is 8.63. The summed E-state index contributed by atoms with van der Waals surface area (Å²) < 4.78 is 21.2. The van der Waals surface area contributed by atoms with Crippen molar-refractivity contribution in [2.24, 2.45) is 0 Å². The van der Waals surface area contributed by atoms with Crippen molar-refractivity contribution in [2.75, 3.05) is 31.1 Å². The van der Waals surface area contributed by atoms with Crippen molar-refractivity contribution in [3.63, 3.8) is 0 Å². The van der Waals surface area contributed by atoms with E-state index >= 15 is 0 Å². The zero-order chi connectivity index (χ0) is 23.8. The van der Waals surface area contributed by atoms with Crippen molar-refractivity contribution in [1.82, 2.24) is 14.5 Å². The van der Waals surface area contributed by atoms with Crippen LogP contribution in [0, 0.1) is 5.41 Å². The highest BCUT2D eigenvalue weighted by Gasteiger charge is 2.32. The first kappa shape index (κ1) is 22.7. The van der Waals surface area contributed by atoms with Gasteiger partial charge in [0, 0.05) is 49.4 Å². The Morgan fingerprint density at radius 1 is 1.24 bits per heavy atom. The fourth-order valence-electron chi connectivity index (χ4n) is 4.02. The van der Waals surface area contributed by atoms with Crippen LogP contribution in [0.3, 0.4) is 0 Å². The average molecular weight is 454 g/mol. The van der Waals surface area contributed by atoms with Gasteiger partial charge < -0.3 is 14.5 Å². The minimum atomic E-state index is -1.23.